The van der Waals surface area contributed by atoms with Crippen molar-refractivity contribution >= 4 is 0 Å². The Morgan fingerprint density at radius 1 is 1.27 bits per heavy atom. The third-order valence-corrected chi connectivity index (χ3v) is 2.47. The molecule has 0 aliphatic carbocycles. The van der Waals surface area contributed by atoms with Crippen molar-refractivity contribution in [1.82, 2.24) is 9.55 Å². The van der Waals surface area contributed by atoms with E-state index in [0.29, 0.717) is 6.54 Å². The maximum Gasteiger partial charge on any atom is 0.139 e. The van der Waals surface area contributed by atoms with Crippen molar-refractivity contribution in [2.24, 2.45) is 12.8 Å². The van der Waals surface area contributed by atoms with E-state index >= 15 is 0 Å². The van der Waals surface area contributed by atoms with Gasteiger partial charge >= 0.3 is 0 Å². The highest BCUT2D eigenvalue weighted by molar-refractivity contribution is 5.55. The van der Waals surface area contributed by atoms with Gasteiger partial charge in [0.15, 0.2) is 0 Å². The summed E-state index contributed by atoms with van der Waals surface area (Å²) in [5.41, 5.74) is 7.92. The zero-order chi connectivity index (χ0) is 10.7. The van der Waals surface area contributed by atoms with Crippen molar-refractivity contribution in [1.29, 1.82) is 0 Å². The Morgan fingerprint density at radius 3 is 2.53 bits per heavy atom. The number of hydrogen-bond acceptors (Lipinski definition) is 2. The first-order chi connectivity index (χ1) is 7.31. The van der Waals surface area contributed by atoms with E-state index < -0.39 is 0 Å². The highest BCUT2D eigenvalue weighted by Gasteiger charge is 2.02. The fourth-order valence-electron chi connectivity index (χ4n) is 1.63. The number of rotatable bonds is 3. The van der Waals surface area contributed by atoms with Crippen LogP contribution < -0.4 is 5.73 Å². The van der Waals surface area contributed by atoms with E-state index in [2.05, 4.69) is 29.2 Å². The Bertz CT molecular complexity index is 428. The summed E-state index contributed by atoms with van der Waals surface area (Å²) in [6.07, 6.45) is 4.69. The summed E-state index contributed by atoms with van der Waals surface area (Å²) in [7, 11) is 2.00. The van der Waals surface area contributed by atoms with Crippen LogP contribution in [0.15, 0.2) is 36.7 Å². The minimum atomic E-state index is 0.696. The van der Waals surface area contributed by atoms with Gasteiger partial charge in [-0.15, -0.1) is 0 Å². The molecule has 0 radical (unpaired) electrons. The largest absolute Gasteiger partial charge is 0.334 e. The summed E-state index contributed by atoms with van der Waals surface area (Å²) < 4.78 is 2.01. The van der Waals surface area contributed by atoms with Crippen LogP contribution in [-0.4, -0.2) is 16.1 Å². The van der Waals surface area contributed by atoms with E-state index in [9.17, 15) is 0 Å². The van der Waals surface area contributed by atoms with Crippen LogP contribution in [0.4, 0.5) is 0 Å². The second kappa shape index (κ2) is 4.28. The summed E-state index contributed by atoms with van der Waals surface area (Å²) >= 11 is 0. The van der Waals surface area contributed by atoms with Crippen molar-refractivity contribution in [2.45, 2.75) is 6.42 Å². The average molecular weight is 201 g/mol. The van der Waals surface area contributed by atoms with E-state index in [1.165, 1.54) is 5.56 Å². The second-order valence-corrected chi connectivity index (χ2v) is 3.60. The molecule has 0 amide bonds. The number of hydrogen-bond donors (Lipinski definition) is 1. The standard InChI is InChI=1S/C12H15N3/c1-15-9-8-14-12(15)11-4-2-10(3-5-11)6-7-13/h2-5,8-9H,6-7,13H2,1H3. The minimum absolute atomic E-state index is 0.696. The lowest BCUT2D eigenvalue weighted by atomic mass is 10.1. The van der Waals surface area contributed by atoms with Crippen LogP contribution in [0, 0.1) is 0 Å². The number of aryl methyl sites for hydroxylation is 1. The smallest absolute Gasteiger partial charge is 0.139 e. The zero-order valence-corrected chi connectivity index (χ0v) is 8.85. The lowest BCUT2D eigenvalue weighted by molar-refractivity contribution is 0.923. The number of nitrogens with zero attached hydrogens (tertiary/aromatic N) is 2. The average Bonchev–Trinajstić information content (AvgIpc) is 2.66. The van der Waals surface area contributed by atoms with Crippen LogP contribution in [0.5, 0.6) is 0 Å². The molecule has 2 aromatic rings. The molecule has 2 rings (SSSR count). The van der Waals surface area contributed by atoms with Gasteiger partial charge in [-0.1, -0.05) is 24.3 Å². The number of imidazole rings is 1. The Balaban J connectivity index is 2.28. The summed E-state index contributed by atoms with van der Waals surface area (Å²) in [6.45, 7) is 0.696. The molecule has 1 heterocycles. The lowest BCUT2D eigenvalue weighted by Crippen LogP contribution is -2.02. The van der Waals surface area contributed by atoms with E-state index in [1.807, 2.05) is 24.0 Å². The Hall–Kier alpha value is -1.61. The normalized spacial score (nSPS) is 10.5. The van der Waals surface area contributed by atoms with Crippen molar-refractivity contribution < 1.29 is 0 Å². The fourth-order valence-corrected chi connectivity index (χ4v) is 1.63. The van der Waals surface area contributed by atoms with Gasteiger partial charge in [-0.2, -0.15) is 0 Å². The summed E-state index contributed by atoms with van der Waals surface area (Å²) in [5.74, 6) is 0.995. The van der Waals surface area contributed by atoms with Crippen molar-refractivity contribution in [2.75, 3.05) is 6.54 Å². The molecule has 0 saturated heterocycles. The van der Waals surface area contributed by atoms with Gasteiger partial charge in [0.2, 0.25) is 0 Å². The first kappa shape index (κ1) is 9.93. The molecule has 0 saturated carbocycles. The summed E-state index contributed by atoms with van der Waals surface area (Å²) in [4.78, 5) is 4.30. The molecule has 0 unspecified atom stereocenters. The van der Waals surface area contributed by atoms with Crippen molar-refractivity contribution in [3.05, 3.63) is 42.2 Å². The summed E-state index contributed by atoms with van der Waals surface area (Å²) in [5, 5.41) is 0. The molecular weight excluding hydrogens is 186 g/mol. The second-order valence-electron chi connectivity index (χ2n) is 3.60. The van der Waals surface area contributed by atoms with Crippen LogP contribution in [0.1, 0.15) is 5.56 Å². The Kier molecular flexibility index (Phi) is 2.83. The van der Waals surface area contributed by atoms with Crippen molar-refractivity contribution in [3.8, 4) is 11.4 Å². The molecule has 78 valence electrons. The fraction of sp³-hybridized carbons (Fsp3) is 0.250. The number of aromatic nitrogens is 2. The van der Waals surface area contributed by atoms with Crippen LogP contribution in [0.2, 0.25) is 0 Å². The molecule has 0 atom stereocenters. The molecule has 3 nitrogen and oxygen atoms in total. The van der Waals surface area contributed by atoms with Crippen LogP contribution in [-0.2, 0) is 13.5 Å². The molecule has 0 aliphatic rings. The van der Waals surface area contributed by atoms with Gasteiger partial charge < -0.3 is 10.3 Å². The highest BCUT2D eigenvalue weighted by Crippen LogP contribution is 2.17. The SMILES string of the molecule is Cn1ccnc1-c1ccc(CCN)cc1. The number of benzene rings is 1. The Labute approximate surface area is 89.6 Å². The first-order valence-corrected chi connectivity index (χ1v) is 5.08. The molecule has 2 N–H and O–H groups in total. The van der Waals surface area contributed by atoms with Gasteiger partial charge in [-0.3, -0.25) is 0 Å². The molecule has 3 heteroatoms. The van der Waals surface area contributed by atoms with Gasteiger partial charge in [0.25, 0.3) is 0 Å². The predicted octanol–water partition coefficient (Wildman–Crippen LogP) is 1.59. The van der Waals surface area contributed by atoms with Crippen LogP contribution in [0.3, 0.4) is 0 Å². The van der Waals surface area contributed by atoms with Gasteiger partial charge in [0, 0.05) is 25.0 Å². The van der Waals surface area contributed by atoms with E-state index in [-0.39, 0.29) is 0 Å². The quantitative estimate of drug-likeness (QED) is 0.819. The topological polar surface area (TPSA) is 43.8 Å². The molecule has 0 aliphatic heterocycles. The third kappa shape index (κ3) is 2.07. The summed E-state index contributed by atoms with van der Waals surface area (Å²) in [6, 6.07) is 8.40. The highest BCUT2D eigenvalue weighted by atomic mass is 15.0. The van der Waals surface area contributed by atoms with Gasteiger partial charge in [-0.25, -0.2) is 4.98 Å². The van der Waals surface area contributed by atoms with Gasteiger partial charge in [0.05, 0.1) is 0 Å². The van der Waals surface area contributed by atoms with Gasteiger partial charge in [-0.05, 0) is 18.5 Å². The number of nitrogens with two attached hydrogens (primary N) is 1. The first-order valence-electron chi connectivity index (χ1n) is 5.08. The molecule has 0 bridgehead atoms. The monoisotopic (exact) mass is 201 g/mol. The molecular formula is C12H15N3. The van der Waals surface area contributed by atoms with Crippen molar-refractivity contribution in [3.63, 3.8) is 0 Å². The lowest BCUT2D eigenvalue weighted by Gasteiger charge is -2.03. The molecule has 0 spiro atoms. The van der Waals surface area contributed by atoms with Crippen LogP contribution >= 0.6 is 0 Å². The predicted molar refractivity (Wildman–Crippen MR) is 61.4 cm³/mol. The van der Waals surface area contributed by atoms with Crippen LogP contribution in [0.25, 0.3) is 11.4 Å². The van der Waals surface area contributed by atoms with E-state index in [0.717, 1.165) is 17.8 Å². The van der Waals surface area contributed by atoms with Gasteiger partial charge in [0.1, 0.15) is 5.82 Å². The maximum absolute atomic E-state index is 5.50. The van der Waals surface area contributed by atoms with E-state index in [1.54, 1.807) is 0 Å². The van der Waals surface area contributed by atoms with E-state index in [4.69, 9.17) is 5.73 Å². The maximum atomic E-state index is 5.50. The molecule has 0 fully saturated rings. The molecule has 15 heavy (non-hydrogen) atoms. The molecule has 1 aromatic carbocycles. The minimum Gasteiger partial charge on any atom is -0.334 e. The zero-order valence-electron chi connectivity index (χ0n) is 8.85. The Morgan fingerprint density at radius 2 is 2.00 bits per heavy atom. The molecule has 1 aromatic heterocycles. The third-order valence-electron chi connectivity index (χ3n) is 2.47.